The van der Waals surface area contributed by atoms with Crippen molar-refractivity contribution in [1.82, 2.24) is 15.5 Å². The van der Waals surface area contributed by atoms with Crippen molar-refractivity contribution >= 4 is 23.7 Å². The van der Waals surface area contributed by atoms with E-state index < -0.39 is 47.9 Å². The Hall–Kier alpha value is -2.16. The second kappa shape index (κ2) is 7.91. The maximum atomic E-state index is 12.3. The summed E-state index contributed by atoms with van der Waals surface area (Å²) in [6.45, 7) is 4.80. The first kappa shape index (κ1) is 18.9. The van der Waals surface area contributed by atoms with Crippen LogP contribution >= 0.6 is 0 Å². The van der Waals surface area contributed by atoms with E-state index in [9.17, 15) is 19.2 Å². The van der Waals surface area contributed by atoms with Crippen LogP contribution in [0.4, 0.5) is 0 Å². The smallest absolute Gasteiger partial charge is 0.326 e. The van der Waals surface area contributed by atoms with Gasteiger partial charge in [-0.25, -0.2) is 4.79 Å². The number of nitrogens with zero attached hydrogens (tertiary/aromatic N) is 1. The van der Waals surface area contributed by atoms with Crippen molar-refractivity contribution in [3.05, 3.63) is 0 Å². The highest BCUT2D eigenvalue weighted by atomic mass is 16.4. The maximum Gasteiger partial charge on any atom is 0.326 e. The van der Waals surface area contributed by atoms with E-state index in [2.05, 4.69) is 10.6 Å². The summed E-state index contributed by atoms with van der Waals surface area (Å²) in [5, 5.41) is 14.0. The van der Waals surface area contributed by atoms with Crippen molar-refractivity contribution in [2.75, 3.05) is 6.54 Å². The molecule has 5 N–H and O–H groups in total. The molecule has 1 heterocycles. The number of rotatable bonds is 6. The van der Waals surface area contributed by atoms with Crippen LogP contribution in [0.15, 0.2) is 0 Å². The maximum absolute atomic E-state index is 12.3. The predicted octanol–water partition coefficient (Wildman–Crippen LogP) is -1.58. The summed E-state index contributed by atoms with van der Waals surface area (Å²) in [5.74, 6) is -2.51. The van der Waals surface area contributed by atoms with Gasteiger partial charge in [0.25, 0.3) is 0 Å². The first-order chi connectivity index (χ1) is 10.6. The monoisotopic (exact) mass is 328 g/mol. The number of nitrogens with one attached hydrogen (secondary N) is 2. The van der Waals surface area contributed by atoms with E-state index in [-0.39, 0.29) is 0 Å². The quantitative estimate of drug-likeness (QED) is 0.463. The lowest BCUT2D eigenvalue weighted by Crippen LogP contribution is -2.55. The third-order valence-corrected chi connectivity index (χ3v) is 3.72. The van der Waals surface area contributed by atoms with Gasteiger partial charge in [-0.2, -0.15) is 0 Å². The van der Waals surface area contributed by atoms with Gasteiger partial charge in [-0.15, -0.1) is 0 Å². The zero-order chi connectivity index (χ0) is 17.7. The molecule has 0 bridgehead atoms. The van der Waals surface area contributed by atoms with Crippen LogP contribution in [0.1, 0.15) is 33.6 Å². The minimum absolute atomic E-state index is 0.354. The Morgan fingerprint density at radius 2 is 1.65 bits per heavy atom. The summed E-state index contributed by atoms with van der Waals surface area (Å²) in [6, 6.07) is -3.32. The molecule has 0 aromatic carbocycles. The standard InChI is InChI=1S/C14H24N4O5/c1-7(15)11(19)16-8(2)12(20)17-9(3)13(21)18-6-4-5-10(18)14(22)23/h7-10H,4-6,15H2,1-3H3,(H,16,19)(H,17,20)(H,22,23)/t7-,8-,9-,10-/m0/s1. The Balaban J connectivity index is 2.59. The van der Waals surface area contributed by atoms with Crippen LogP contribution in [0.5, 0.6) is 0 Å². The summed E-state index contributed by atoms with van der Waals surface area (Å²) in [5.41, 5.74) is 5.40. The van der Waals surface area contributed by atoms with Gasteiger partial charge in [-0.05, 0) is 33.6 Å². The van der Waals surface area contributed by atoms with Crippen molar-refractivity contribution in [1.29, 1.82) is 0 Å². The Morgan fingerprint density at radius 1 is 1.09 bits per heavy atom. The first-order valence-electron chi connectivity index (χ1n) is 7.54. The van der Waals surface area contributed by atoms with Crippen LogP contribution in [0, 0.1) is 0 Å². The van der Waals surface area contributed by atoms with E-state index in [1.165, 1.54) is 25.7 Å². The largest absolute Gasteiger partial charge is 0.480 e. The first-order valence-corrected chi connectivity index (χ1v) is 7.54. The van der Waals surface area contributed by atoms with Crippen LogP contribution in [-0.4, -0.2) is 64.4 Å². The second-order valence-electron chi connectivity index (χ2n) is 5.78. The zero-order valence-electron chi connectivity index (χ0n) is 13.5. The molecule has 4 atom stereocenters. The number of likely N-dealkylation sites (tertiary alicyclic amines) is 1. The molecule has 1 aliphatic heterocycles. The molecular weight excluding hydrogens is 304 g/mol. The van der Waals surface area contributed by atoms with Crippen molar-refractivity contribution in [2.45, 2.75) is 57.8 Å². The highest BCUT2D eigenvalue weighted by molar-refractivity contribution is 5.93. The van der Waals surface area contributed by atoms with Gasteiger partial charge in [-0.1, -0.05) is 0 Å². The number of carboxylic acids is 1. The fraction of sp³-hybridized carbons (Fsp3) is 0.714. The molecule has 3 amide bonds. The third-order valence-electron chi connectivity index (χ3n) is 3.72. The second-order valence-corrected chi connectivity index (χ2v) is 5.78. The van der Waals surface area contributed by atoms with Crippen LogP contribution in [0.2, 0.25) is 0 Å². The third kappa shape index (κ3) is 4.92. The molecule has 1 saturated heterocycles. The summed E-state index contributed by atoms with van der Waals surface area (Å²) in [6.07, 6.45) is 1.02. The van der Waals surface area contributed by atoms with Crippen LogP contribution in [0.25, 0.3) is 0 Å². The average molecular weight is 328 g/mol. The van der Waals surface area contributed by atoms with Crippen molar-refractivity contribution in [3.63, 3.8) is 0 Å². The molecule has 0 aliphatic carbocycles. The van der Waals surface area contributed by atoms with Gasteiger partial charge < -0.3 is 26.4 Å². The number of hydrogen-bond donors (Lipinski definition) is 4. The van der Waals surface area contributed by atoms with Gasteiger partial charge in [-0.3, -0.25) is 14.4 Å². The van der Waals surface area contributed by atoms with Gasteiger partial charge >= 0.3 is 5.97 Å². The molecule has 9 heteroatoms. The van der Waals surface area contributed by atoms with E-state index in [4.69, 9.17) is 10.8 Å². The molecule has 130 valence electrons. The molecule has 0 saturated carbocycles. The Kier molecular flexibility index (Phi) is 6.49. The minimum Gasteiger partial charge on any atom is -0.480 e. The molecule has 23 heavy (non-hydrogen) atoms. The molecule has 0 spiro atoms. The molecule has 0 unspecified atom stereocenters. The van der Waals surface area contributed by atoms with E-state index in [1.807, 2.05) is 0 Å². The van der Waals surface area contributed by atoms with Gasteiger partial charge in [0.2, 0.25) is 17.7 Å². The average Bonchev–Trinajstić information content (AvgIpc) is 2.95. The molecule has 9 nitrogen and oxygen atoms in total. The lowest BCUT2D eigenvalue weighted by atomic mass is 10.2. The summed E-state index contributed by atoms with van der Waals surface area (Å²) in [4.78, 5) is 48.1. The van der Waals surface area contributed by atoms with Crippen LogP contribution in [0.3, 0.4) is 0 Å². The summed E-state index contributed by atoms with van der Waals surface area (Å²) < 4.78 is 0. The lowest BCUT2D eigenvalue weighted by molar-refractivity contribution is -0.149. The van der Waals surface area contributed by atoms with Crippen LogP contribution in [-0.2, 0) is 19.2 Å². The number of amides is 3. The molecule has 0 radical (unpaired) electrons. The summed E-state index contributed by atoms with van der Waals surface area (Å²) >= 11 is 0. The SMILES string of the molecule is C[C@H](N)C(=O)N[C@@H](C)C(=O)N[C@@H](C)C(=O)N1CCC[C@H]1C(=O)O. The van der Waals surface area contributed by atoms with E-state index >= 15 is 0 Å². The number of carbonyl (C=O) groups excluding carboxylic acids is 3. The van der Waals surface area contributed by atoms with Crippen molar-refractivity contribution in [2.24, 2.45) is 5.73 Å². The number of hydrogen-bond acceptors (Lipinski definition) is 5. The molecule has 1 fully saturated rings. The van der Waals surface area contributed by atoms with Crippen molar-refractivity contribution < 1.29 is 24.3 Å². The van der Waals surface area contributed by atoms with Gasteiger partial charge in [0, 0.05) is 6.54 Å². The molecule has 1 aliphatic rings. The topological polar surface area (TPSA) is 142 Å². The van der Waals surface area contributed by atoms with E-state index in [0.29, 0.717) is 19.4 Å². The highest BCUT2D eigenvalue weighted by Gasteiger charge is 2.36. The highest BCUT2D eigenvalue weighted by Crippen LogP contribution is 2.18. The number of nitrogens with two attached hydrogens (primary N) is 1. The molecular formula is C14H24N4O5. The van der Waals surface area contributed by atoms with Gasteiger partial charge in [0.1, 0.15) is 18.1 Å². The Labute approximate surface area is 134 Å². The van der Waals surface area contributed by atoms with E-state index in [1.54, 1.807) is 0 Å². The number of carbonyl (C=O) groups is 4. The van der Waals surface area contributed by atoms with E-state index in [0.717, 1.165) is 0 Å². The molecule has 0 aromatic heterocycles. The normalized spacial score (nSPS) is 21.2. The van der Waals surface area contributed by atoms with Gasteiger partial charge in [0.05, 0.1) is 6.04 Å². The Bertz CT molecular complexity index is 494. The lowest BCUT2D eigenvalue weighted by Gasteiger charge is -2.26. The van der Waals surface area contributed by atoms with Crippen LogP contribution < -0.4 is 16.4 Å². The van der Waals surface area contributed by atoms with Gasteiger partial charge in [0.15, 0.2) is 0 Å². The number of aliphatic carboxylic acids is 1. The fourth-order valence-corrected chi connectivity index (χ4v) is 2.35. The predicted molar refractivity (Wildman–Crippen MR) is 81.2 cm³/mol. The molecule has 1 rings (SSSR count). The number of carboxylic acid groups (broad SMARTS) is 1. The minimum atomic E-state index is -1.05. The fourth-order valence-electron chi connectivity index (χ4n) is 2.35. The molecule has 0 aromatic rings. The zero-order valence-corrected chi connectivity index (χ0v) is 13.5. The Morgan fingerprint density at radius 3 is 2.17 bits per heavy atom. The van der Waals surface area contributed by atoms with Crippen molar-refractivity contribution in [3.8, 4) is 0 Å². The summed E-state index contributed by atoms with van der Waals surface area (Å²) in [7, 11) is 0.